The molecule has 0 saturated carbocycles. The molecule has 0 spiro atoms. The summed E-state index contributed by atoms with van der Waals surface area (Å²) in [7, 11) is 0. The predicted molar refractivity (Wildman–Crippen MR) is 314 cm³/mol. The average molecular weight is 945 g/mol. The van der Waals surface area contributed by atoms with Crippen LogP contribution >= 0.6 is 0 Å². The number of benzene rings is 11. The summed E-state index contributed by atoms with van der Waals surface area (Å²) in [6.07, 6.45) is 11.2. The summed E-state index contributed by atoms with van der Waals surface area (Å²) < 4.78 is 0. The van der Waals surface area contributed by atoms with E-state index in [9.17, 15) is 0 Å². The maximum atomic E-state index is 3.35. The third kappa shape index (κ3) is 6.08. The standard InChI is InChI=1S/C72H52N2/c1-71(2)61-43-65(73(51-37-35-45-19-5-7-23-49(45)41-51)63-33-17-25-47-21-9-11-27-53(47)63)55-29-13-15-31-57(55)67(61)59-39-40-60-68-58-32-16-14-30-56(58)66(44-62(68)72(3,4)70(60)69(59)71)74(52-38-36-46-20-6-8-24-50(46)42-52)64-34-18-26-48-22-10-12-28-54(48)64/h5,7-13,15,17-19,21-44H,14,16H2,1-4H3. The quantitative estimate of drug-likeness (QED) is 0.153. The van der Waals surface area contributed by atoms with Crippen molar-refractivity contribution in [2.75, 3.05) is 9.80 Å². The van der Waals surface area contributed by atoms with Crippen molar-refractivity contribution in [3.05, 3.63) is 249 Å². The average Bonchev–Trinajstić information content (AvgIpc) is 3.98. The number of nitrogens with zero attached hydrogens (tertiary/aromatic N) is 2. The monoisotopic (exact) mass is 944 g/mol. The van der Waals surface area contributed by atoms with Crippen LogP contribution in [0.5, 0.6) is 0 Å². The van der Waals surface area contributed by atoms with Crippen LogP contribution in [0.1, 0.15) is 62.8 Å². The van der Waals surface area contributed by atoms with Gasteiger partial charge in [0.15, 0.2) is 0 Å². The molecule has 0 aliphatic heterocycles. The molecular weight excluding hydrogens is 893 g/mol. The second-order valence-electron chi connectivity index (χ2n) is 21.7. The van der Waals surface area contributed by atoms with Gasteiger partial charge >= 0.3 is 0 Å². The number of hydrogen-bond acceptors (Lipinski definition) is 2. The number of anilines is 6. The molecule has 0 unspecified atom stereocenters. The normalized spacial score (nSPS) is 14.8. The van der Waals surface area contributed by atoms with Crippen LogP contribution < -0.4 is 30.7 Å². The van der Waals surface area contributed by atoms with Crippen molar-refractivity contribution in [1.82, 2.24) is 0 Å². The van der Waals surface area contributed by atoms with Crippen LogP contribution in [0.3, 0.4) is 0 Å². The summed E-state index contributed by atoms with van der Waals surface area (Å²) in [5, 5.41) is 14.7. The summed E-state index contributed by atoms with van der Waals surface area (Å²) in [5.74, 6) is 0. The first kappa shape index (κ1) is 42.8. The molecule has 0 saturated heterocycles. The first-order valence-electron chi connectivity index (χ1n) is 26.2. The Hall–Kier alpha value is -8.90. The van der Waals surface area contributed by atoms with E-state index in [1.54, 1.807) is 0 Å². The summed E-state index contributed by atoms with van der Waals surface area (Å²) >= 11 is 0. The molecule has 11 aromatic carbocycles. The van der Waals surface area contributed by atoms with Crippen molar-refractivity contribution in [3.63, 3.8) is 0 Å². The van der Waals surface area contributed by atoms with Crippen LogP contribution in [-0.4, -0.2) is 0 Å². The van der Waals surface area contributed by atoms with Gasteiger partial charge in [-0.1, -0.05) is 191 Å². The van der Waals surface area contributed by atoms with Gasteiger partial charge in [-0.3, -0.25) is 0 Å². The molecule has 15 rings (SSSR count). The van der Waals surface area contributed by atoms with Gasteiger partial charge in [0.2, 0.25) is 0 Å². The van der Waals surface area contributed by atoms with Crippen LogP contribution in [0.4, 0.5) is 34.1 Å². The molecule has 4 aliphatic carbocycles. The zero-order valence-corrected chi connectivity index (χ0v) is 42.1. The molecule has 11 aromatic rings. The Morgan fingerprint density at radius 2 is 0.932 bits per heavy atom. The molecule has 0 heterocycles. The van der Waals surface area contributed by atoms with Crippen LogP contribution in [0.15, 0.2) is 206 Å². The highest BCUT2D eigenvalue weighted by molar-refractivity contribution is 6.13. The van der Waals surface area contributed by atoms with Crippen LogP contribution in [0, 0.1) is 0 Å². The molecule has 0 fully saturated rings. The smallest absolute Gasteiger partial charge is 0.0543 e. The van der Waals surface area contributed by atoms with Crippen LogP contribution in [0.2, 0.25) is 0 Å². The predicted octanol–water partition coefficient (Wildman–Crippen LogP) is 16.1. The molecule has 0 radical (unpaired) electrons. The highest BCUT2D eigenvalue weighted by Gasteiger charge is 2.47. The van der Waals surface area contributed by atoms with Crippen molar-refractivity contribution < 1.29 is 0 Å². The minimum atomic E-state index is -0.338. The Morgan fingerprint density at radius 1 is 0.405 bits per heavy atom. The van der Waals surface area contributed by atoms with Gasteiger partial charge in [0, 0.05) is 48.8 Å². The SMILES string of the molecule is CC1(C)c2cc(N(c3ccc4c(c3)=CC=C=C=4)c3cccc4ccccc34)c3c(c2-c2ccc4c(c21)C(C)(C)c1cc(N(c2ccc5ccccc5c2)c2cccc5ccccc25)c2ccccc2c1-4)=CCCC=3. The summed E-state index contributed by atoms with van der Waals surface area (Å²) in [4.78, 5) is 5.08. The number of allylic oxidation sites excluding steroid dienone is 1. The lowest BCUT2D eigenvalue weighted by Gasteiger charge is -2.33. The Morgan fingerprint density at radius 3 is 1.64 bits per heavy atom. The molecule has 350 valence electrons. The summed E-state index contributed by atoms with van der Waals surface area (Å²) in [5.41, 5.74) is 24.0. The summed E-state index contributed by atoms with van der Waals surface area (Å²) in [6.45, 7) is 9.98. The molecule has 0 bridgehead atoms. The van der Waals surface area contributed by atoms with Crippen molar-refractivity contribution >= 4 is 101 Å². The molecule has 0 aromatic heterocycles. The van der Waals surface area contributed by atoms with E-state index in [-0.39, 0.29) is 10.8 Å². The van der Waals surface area contributed by atoms with E-state index in [4.69, 9.17) is 0 Å². The Labute approximate surface area is 431 Å². The fourth-order valence-electron chi connectivity index (χ4n) is 13.6. The zero-order chi connectivity index (χ0) is 49.5. The maximum absolute atomic E-state index is 3.35. The molecule has 2 heteroatoms. The van der Waals surface area contributed by atoms with Gasteiger partial charge in [0.05, 0.1) is 22.7 Å². The topological polar surface area (TPSA) is 6.48 Å². The van der Waals surface area contributed by atoms with Crippen molar-refractivity contribution in [2.45, 2.75) is 51.4 Å². The van der Waals surface area contributed by atoms with Crippen LogP contribution in [0.25, 0.3) is 89.3 Å². The van der Waals surface area contributed by atoms with E-state index in [0.717, 1.165) is 34.7 Å². The highest BCUT2D eigenvalue weighted by atomic mass is 15.2. The Bertz CT molecular complexity index is 4640. The Balaban J connectivity index is 0.963. The lowest BCUT2D eigenvalue weighted by Crippen LogP contribution is -2.36. The highest BCUT2D eigenvalue weighted by Crippen LogP contribution is 2.61. The molecule has 0 amide bonds. The van der Waals surface area contributed by atoms with Gasteiger partial charge in [0.25, 0.3) is 0 Å². The van der Waals surface area contributed by atoms with Crippen molar-refractivity contribution in [1.29, 1.82) is 0 Å². The third-order valence-corrected chi connectivity index (χ3v) is 16.9. The largest absolute Gasteiger partial charge is 0.309 e. The van der Waals surface area contributed by atoms with Crippen LogP contribution in [-0.2, 0) is 10.8 Å². The van der Waals surface area contributed by atoms with E-state index in [2.05, 4.69) is 261 Å². The van der Waals surface area contributed by atoms with Crippen molar-refractivity contribution in [2.24, 2.45) is 0 Å². The van der Waals surface area contributed by atoms with Gasteiger partial charge < -0.3 is 9.80 Å². The van der Waals surface area contributed by atoms with E-state index in [1.165, 1.54) is 121 Å². The fraction of sp³-hybridized carbons (Fsp3) is 0.111. The van der Waals surface area contributed by atoms with Gasteiger partial charge in [-0.15, -0.1) is 0 Å². The minimum Gasteiger partial charge on any atom is -0.309 e. The Kier molecular flexibility index (Phi) is 9.13. The van der Waals surface area contributed by atoms with Gasteiger partial charge in [-0.05, 0) is 161 Å². The van der Waals surface area contributed by atoms with Crippen molar-refractivity contribution in [3.8, 4) is 22.3 Å². The molecule has 0 N–H and O–H groups in total. The maximum Gasteiger partial charge on any atom is 0.0543 e. The second kappa shape index (κ2) is 15.8. The van der Waals surface area contributed by atoms with E-state index >= 15 is 0 Å². The molecule has 4 aliphatic rings. The van der Waals surface area contributed by atoms with Gasteiger partial charge in [-0.2, -0.15) is 0 Å². The third-order valence-electron chi connectivity index (χ3n) is 16.9. The number of rotatable bonds is 6. The molecular formula is C72H52N2. The fourth-order valence-corrected chi connectivity index (χ4v) is 13.6. The first-order valence-corrected chi connectivity index (χ1v) is 26.2. The molecule has 74 heavy (non-hydrogen) atoms. The van der Waals surface area contributed by atoms with E-state index in [0.29, 0.717) is 0 Å². The minimum absolute atomic E-state index is 0.332. The second-order valence-corrected chi connectivity index (χ2v) is 21.7. The van der Waals surface area contributed by atoms with Gasteiger partial charge in [0.1, 0.15) is 0 Å². The first-order chi connectivity index (χ1) is 36.2. The number of hydrogen-bond donors (Lipinski definition) is 0. The lowest BCUT2D eigenvalue weighted by atomic mass is 9.72. The summed E-state index contributed by atoms with van der Waals surface area (Å²) in [6, 6.07) is 72.9. The zero-order valence-electron chi connectivity index (χ0n) is 42.1. The molecule has 2 nitrogen and oxygen atoms in total. The van der Waals surface area contributed by atoms with E-state index in [1.807, 2.05) is 6.08 Å². The van der Waals surface area contributed by atoms with E-state index < -0.39 is 0 Å². The lowest BCUT2D eigenvalue weighted by molar-refractivity contribution is 0.601. The molecule has 0 atom stereocenters. The van der Waals surface area contributed by atoms with Gasteiger partial charge in [-0.25, -0.2) is 0 Å². The number of fused-ring (bicyclic) bond motifs is 15.